The number of amides is 1. The quantitative estimate of drug-likeness (QED) is 0.499. The summed E-state index contributed by atoms with van der Waals surface area (Å²) in [6, 6.07) is 21.3. The summed E-state index contributed by atoms with van der Waals surface area (Å²) < 4.78 is 12.8. The first-order valence-electron chi connectivity index (χ1n) is 9.77. The van der Waals surface area contributed by atoms with Crippen molar-refractivity contribution in [3.63, 3.8) is 0 Å². The Morgan fingerprint density at radius 2 is 1.84 bits per heavy atom. The number of nitrogens with zero attached hydrogens (tertiary/aromatic N) is 2. The summed E-state index contributed by atoms with van der Waals surface area (Å²) in [5.41, 5.74) is 2.47. The summed E-state index contributed by atoms with van der Waals surface area (Å²) in [6.07, 6.45) is 1.67. The van der Waals surface area contributed by atoms with Gasteiger partial charge in [0.25, 0.3) is 11.5 Å². The molecule has 4 rings (SSSR count). The first-order valence-corrected chi connectivity index (χ1v) is 9.77. The molecule has 1 N–H and O–H groups in total. The van der Waals surface area contributed by atoms with E-state index in [1.54, 1.807) is 42.6 Å². The van der Waals surface area contributed by atoms with E-state index in [9.17, 15) is 9.59 Å². The van der Waals surface area contributed by atoms with Crippen LogP contribution in [0.1, 0.15) is 11.3 Å². The number of aromatic nitrogens is 2. The van der Waals surface area contributed by atoms with E-state index in [1.807, 2.05) is 37.3 Å². The zero-order valence-corrected chi connectivity index (χ0v) is 16.9. The summed E-state index contributed by atoms with van der Waals surface area (Å²) in [5.74, 6) is 0.950. The van der Waals surface area contributed by atoms with Crippen molar-refractivity contribution in [2.24, 2.45) is 0 Å². The van der Waals surface area contributed by atoms with Crippen LogP contribution >= 0.6 is 0 Å². The molecule has 0 saturated carbocycles. The average molecular weight is 415 g/mol. The Kier molecular flexibility index (Phi) is 5.93. The molecule has 7 nitrogen and oxygen atoms in total. The van der Waals surface area contributed by atoms with Crippen LogP contribution in [0, 0.1) is 6.92 Å². The molecular formula is C24H21N3O4. The highest BCUT2D eigenvalue weighted by Gasteiger charge is 2.07. The molecule has 1 amide bonds. The smallest absolute Gasteiger partial charge is 0.262 e. The molecule has 0 aliphatic rings. The molecule has 2 aromatic heterocycles. The van der Waals surface area contributed by atoms with Crippen LogP contribution in [0.4, 0.5) is 5.69 Å². The molecule has 0 saturated heterocycles. The third-order valence-electron chi connectivity index (χ3n) is 4.58. The Morgan fingerprint density at radius 3 is 2.71 bits per heavy atom. The van der Waals surface area contributed by atoms with Gasteiger partial charge in [0.05, 0.1) is 5.69 Å². The molecule has 0 aliphatic carbocycles. The zero-order chi connectivity index (χ0) is 21.6. The summed E-state index contributed by atoms with van der Waals surface area (Å²) in [7, 11) is 0. The second kappa shape index (κ2) is 9.13. The third-order valence-corrected chi connectivity index (χ3v) is 4.58. The fourth-order valence-electron chi connectivity index (χ4n) is 3.06. The van der Waals surface area contributed by atoms with E-state index in [-0.39, 0.29) is 24.7 Å². The van der Waals surface area contributed by atoms with Crippen molar-refractivity contribution in [2.45, 2.75) is 13.5 Å². The molecule has 0 spiro atoms. The lowest BCUT2D eigenvalue weighted by molar-refractivity contribution is -0.118. The van der Waals surface area contributed by atoms with Crippen LogP contribution in [-0.2, 0) is 11.4 Å². The number of benzene rings is 2. The van der Waals surface area contributed by atoms with Gasteiger partial charge in [-0.05, 0) is 42.8 Å². The van der Waals surface area contributed by atoms with Crippen LogP contribution in [-0.4, -0.2) is 21.9 Å². The molecule has 2 heterocycles. The van der Waals surface area contributed by atoms with Gasteiger partial charge in [0.15, 0.2) is 6.61 Å². The molecule has 0 unspecified atom stereocenters. The van der Waals surface area contributed by atoms with Crippen molar-refractivity contribution in [2.75, 3.05) is 11.9 Å². The first-order chi connectivity index (χ1) is 15.1. The number of carbonyl (C=O) groups excluding carboxylic acids is 1. The van der Waals surface area contributed by atoms with Crippen LogP contribution in [0.3, 0.4) is 0 Å². The molecule has 156 valence electrons. The lowest BCUT2D eigenvalue weighted by Gasteiger charge is -2.11. The monoisotopic (exact) mass is 415 g/mol. The second-order valence-electron chi connectivity index (χ2n) is 6.93. The molecule has 0 radical (unpaired) electrons. The van der Waals surface area contributed by atoms with Crippen molar-refractivity contribution in [3.05, 3.63) is 101 Å². The number of ether oxygens (including phenoxy) is 2. The van der Waals surface area contributed by atoms with E-state index in [4.69, 9.17) is 9.47 Å². The minimum absolute atomic E-state index is 0.0963. The Balaban J connectivity index is 1.36. The Labute approximate surface area is 178 Å². The predicted octanol–water partition coefficient (Wildman–Crippen LogP) is 3.60. The minimum Gasteiger partial charge on any atom is -0.487 e. The van der Waals surface area contributed by atoms with Gasteiger partial charge in [-0.2, -0.15) is 0 Å². The number of rotatable bonds is 7. The van der Waals surface area contributed by atoms with Crippen molar-refractivity contribution in [3.8, 4) is 11.5 Å². The van der Waals surface area contributed by atoms with E-state index < -0.39 is 0 Å². The highest BCUT2D eigenvalue weighted by molar-refractivity contribution is 5.92. The Hall–Kier alpha value is -4.13. The summed E-state index contributed by atoms with van der Waals surface area (Å²) in [6.45, 7) is 1.96. The maximum absolute atomic E-state index is 12.2. The SMILES string of the molecule is Cc1ccccc1OCC(=O)Nc1cccc(OCc2cc(=O)n3ccccc3n2)c1. The van der Waals surface area contributed by atoms with E-state index in [0.717, 1.165) is 5.56 Å². The fourth-order valence-corrected chi connectivity index (χ4v) is 3.06. The van der Waals surface area contributed by atoms with E-state index >= 15 is 0 Å². The standard InChI is InChI=1S/C24H21N3O4/c1-17-7-2-3-10-21(17)31-16-23(28)26-18-8-6-9-20(13-18)30-15-19-14-24(29)27-12-5-4-11-22(27)25-19/h2-14H,15-16H2,1H3,(H,26,28). The number of para-hydroxylation sites is 1. The molecule has 4 aromatic rings. The van der Waals surface area contributed by atoms with E-state index in [1.165, 1.54) is 10.5 Å². The third kappa shape index (κ3) is 5.08. The van der Waals surface area contributed by atoms with Gasteiger partial charge in [0, 0.05) is 24.0 Å². The number of carbonyl (C=O) groups is 1. The van der Waals surface area contributed by atoms with Crippen LogP contribution in [0.2, 0.25) is 0 Å². The number of anilines is 1. The van der Waals surface area contributed by atoms with Crippen LogP contribution in [0.5, 0.6) is 11.5 Å². The average Bonchev–Trinajstić information content (AvgIpc) is 2.77. The van der Waals surface area contributed by atoms with Crippen molar-refractivity contribution < 1.29 is 14.3 Å². The topological polar surface area (TPSA) is 81.9 Å². The molecule has 0 bridgehead atoms. The molecule has 7 heteroatoms. The van der Waals surface area contributed by atoms with Crippen LogP contribution in [0.25, 0.3) is 5.65 Å². The summed E-state index contributed by atoms with van der Waals surface area (Å²) in [4.78, 5) is 28.8. The number of nitrogens with one attached hydrogen (secondary N) is 1. The molecule has 0 fully saturated rings. The van der Waals surface area contributed by atoms with E-state index in [2.05, 4.69) is 10.3 Å². The first kappa shape index (κ1) is 20.2. The van der Waals surface area contributed by atoms with Gasteiger partial charge in [-0.25, -0.2) is 4.98 Å². The van der Waals surface area contributed by atoms with E-state index in [0.29, 0.717) is 28.5 Å². The van der Waals surface area contributed by atoms with Crippen molar-refractivity contribution >= 4 is 17.2 Å². The number of pyridine rings is 1. The minimum atomic E-state index is -0.273. The second-order valence-corrected chi connectivity index (χ2v) is 6.93. The molecule has 31 heavy (non-hydrogen) atoms. The molecule has 0 atom stereocenters. The highest BCUT2D eigenvalue weighted by atomic mass is 16.5. The van der Waals surface area contributed by atoms with Crippen LogP contribution in [0.15, 0.2) is 83.8 Å². The lowest BCUT2D eigenvalue weighted by atomic mass is 10.2. The molecular weight excluding hydrogens is 394 g/mol. The van der Waals surface area contributed by atoms with Gasteiger partial charge in [-0.3, -0.25) is 14.0 Å². The van der Waals surface area contributed by atoms with Crippen LogP contribution < -0.4 is 20.3 Å². The van der Waals surface area contributed by atoms with Crippen molar-refractivity contribution in [1.82, 2.24) is 9.38 Å². The maximum atomic E-state index is 12.2. The predicted molar refractivity (Wildman–Crippen MR) is 118 cm³/mol. The Bertz CT molecular complexity index is 1280. The van der Waals surface area contributed by atoms with Gasteiger partial charge in [-0.1, -0.05) is 30.3 Å². The number of fused-ring (bicyclic) bond motifs is 1. The zero-order valence-electron chi connectivity index (χ0n) is 16.9. The van der Waals surface area contributed by atoms with Gasteiger partial charge < -0.3 is 14.8 Å². The normalized spacial score (nSPS) is 10.6. The van der Waals surface area contributed by atoms with Gasteiger partial charge in [0.1, 0.15) is 23.8 Å². The number of hydrogen-bond acceptors (Lipinski definition) is 5. The number of hydrogen-bond donors (Lipinski definition) is 1. The summed E-state index contributed by atoms with van der Waals surface area (Å²) >= 11 is 0. The Morgan fingerprint density at radius 1 is 1.00 bits per heavy atom. The van der Waals surface area contributed by atoms with Gasteiger partial charge in [0.2, 0.25) is 0 Å². The molecule has 2 aromatic carbocycles. The van der Waals surface area contributed by atoms with Crippen molar-refractivity contribution in [1.29, 1.82) is 0 Å². The molecule has 0 aliphatic heterocycles. The fraction of sp³-hybridized carbons (Fsp3) is 0.125. The highest BCUT2D eigenvalue weighted by Crippen LogP contribution is 2.19. The van der Waals surface area contributed by atoms with Gasteiger partial charge >= 0.3 is 0 Å². The van der Waals surface area contributed by atoms with Gasteiger partial charge in [-0.15, -0.1) is 0 Å². The lowest BCUT2D eigenvalue weighted by Crippen LogP contribution is -2.20. The largest absolute Gasteiger partial charge is 0.487 e. The number of aryl methyl sites for hydroxylation is 1. The maximum Gasteiger partial charge on any atom is 0.262 e. The summed E-state index contributed by atoms with van der Waals surface area (Å²) in [5, 5.41) is 2.79.